The Kier molecular flexibility index (Phi) is 5.94. The number of nitrogens with zero attached hydrogens (tertiary/aromatic N) is 1. The van der Waals surface area contributed by atoms with E-state index in [-0.39, 0.29) is 17.9 Å². The molecule has 132 valence electrons. The second kappa shape index (κ2) is 8.36. The molecule has 2 aromatic rings. The summed E-state index contributed by atoms with van der Waals surface area (Å²) in [6.45, 7) is 1.58. The number of urea groups is 1. The van der Waals surface area contributed by atoms with Crippen LogP contribution >= 0.6 is 22.9 Å². The molecular formula is C18H20ClN3O2S. The monoisotopic (exact) mass is 377 g/mol. The van der Waals surface area contributed by atoms with Crippen molar-refractivity contribution >= 4 is 40.6 Å². The Morgan fingerprint density at radius 3 is 2.72 bits per heavy atom. The molecule has 1 aromatic carbocycles. The van der Waals surface area contributed by atoms with Crippen molar-refractivity contribution < 1.29 is 9.59 Å². The van der Waals surface area contributed by atoms with E-state index < -0.39 is 0 Å². The van der Waals surface area contributed by atoms with Crippen molar-refractivity contribution in [3.05, 3.63) is 51.7 Å². The highest BCUT2D eigenvalue weighted by Crippen LogP contribution is 2.22. The van der Waals surface area contributed by atoms with Crippen LogP contribution in [0.3, 0.4) is 0 Å². The number of carbonyl (C=O) groups is 2. The van der Waals surface area contributed by atoms with Crippen LogP contribution < -0.4 is 10.6 Å². The summed E-state index contributed by atoms with van der Waals surface area (Å²) < 4.78 is 0.714. The predicted octanol–water partition coefficient (Wildman–Crippen LogP) is 3.96. The molecule has 1 aromatic heterocycles. The fourth-order valence-electron chi connectivity index (χ4n) is 2.86. The summed E-state index contributed by atoms with van der Waals surface area (Å²) in [7, 11) is 0. The molecule has 1 aliphatic heterocycles. The number of thiophene rings is 1. The molecule has 2 N–H and O–H groups in total. The van der Waals surface area contributed by atoms with E-state index in [9.17, 15) is 9.59 Å². The molecule has 3 amide bonds. The summed E-state index contributed by atoms with van der Waals surface area (Å²) in [5.41, 5.74) is 0.758. The summed E-state index contributed by atoms with van der Waals surface area (Å²) in [5.74, 6) is -0.188. The number of rotatable bonds is 4. The molecule has 1 saturated heterocycles. The Bertz CT molecular complexity index is 735. The molecule has 1 aliphatic rings. The zero-order chi connectivity index (χ0) is 17.6. The van der Waals surface area contributed by atoms with Crippen LogP contribution in [0.2, 0.25) is 4.34 Å². The SMILES string of the molecule is O=C(NCc1ccc(Cl)s1)C1CCCN(C(=O)Nc2ccccc2)C1. The fraction of sp³-hybridized carbons (Fsp3) is 0.333. The van der Waals surface area contributed by atoms with Gasteiger partial charge in [-0.1, -0.05) is 29.8 Å². The lowest BCUT2D eigenvalue weighted by molar-refractivity contribution is -0.126. The van der Waals surface area contributed by atoms with Gasteiger partial charge < -0.3 is 15.5 Å². The Balaban J connectivity index is 1.51. The molecule has 1 unspecified atom stereocenters. The highest BCUT2D eigenvalue weighted by Gasteiger charge is 2.28. The number of nitrogens with one attached hydrogen (secondary N) is 2. The average Bonchev–Trinajstić information content (AvgIpc) is 3.06. The number of hydrogen-bond acceptors (Lipinski definition) is 3. The van der Waals surface area contributed by atoms with Gasteiger partial charge in [-0.2, -0.15) is 0 Å². The summed E-state index contributed by atoms with van der Waals surface area (Å²) >= 11 is 7.36. The van der Waals surface area contributed by atoms with E-state index in [0.29, 0.717) is 24.0 Å². The highest BCUT2D eigenvalue weighted by molar-refractivity contribution is 7.16. The quantitative estimate of drug-likeness (QED) is 0.847. The van der Waals surface area contributed by atoms with Gasteiger partial charge in [-0.15, -0.1) is 11.3 Å². The van der Waals surface area contributed by atoms with Gasteiger partial charge in [0.15, 0.2) is 0 Å². The Morgan fingerprint density at radius 1 is 1.20 bits per heavy atom. The van der Waals surface area contributed by atoms with Crippen LogP contribution in [0.25, 0.3) is 0 Å². The first-order valence-electron chi connectivity index (χ1n) is 8.25. The van der Waals surface area contributed by atoms with Crippen molar-refractivity contribution in [1.29, 1.82) is 0 Å². The Labute approximate surface area is 156 Å². The molecular weight excluding hydrogens is 358 g/mol. The molecule has 0 spiro atoms. The molecule has 5 nitrogen and oxygen atoms in total. The van der Waals surface area contributed by atoms with Gasteiger partial charge in [-0.25, -0.2) is 4.79 Å². The van der Waals surface area contributed by atoms with E-state index in [0.717, 1.165) is 23.4 Å². The lowest BCUT2D eigenvalue weighted by Gasteiger charge is -2.32. The van der Waals surface area contributed by atoms with E-state index in [2.05, 4.69) is 10.6 Å². The van der Waals surface area contributed by atoms with Gasteiger partial charge in [0.25, 0.3) is 0 Å². The number of benzene rings is 1. The zero-order valence-electron chi connectivity index (χ0n) is 13.7. The molecule has 3 rings (SSSR count). The average molecular weight is 378 g/mol. The molecule has 0 saturated carbocycles. The van der Waals surface area contributed by atoms with Gasteiger partial charge in [0.2, 0.25) is 5.91 Å². The summed E-state index contributed by atoms with van der Waals surface area (Å²) in [4.78, 5) is 27.5. The molecule has 1 fully saturated rings. The number of halogens is 1. The number of carbonyl (C=O) groups excluding carboxylic acids is 2. The number of hydrogen-bond donors (Lipinski definition) is 2. The second-order valence-corrected chi connectivity index (χ2v) is 7.80. The van der Waals surface area contributed by atoms with E-state index >= 15 is 0 Å². The normalized spacial score (nSPS) is 17.2. The second-order valence-electron chi connectivity index (χ2n) is 6.00. The molecule has 0 aliphatic carbocycles. The maximum Gasteiger partial charge on any atom is 0.321 e. The third kappa shape index (κ3) is 4.96. The minimum Gasteiger partial charge on any atom is -0.351 e. The Hall–Kier alpha value is -2.05. The molecule has 7 heteroatoms. The lowest BCUT2D eigenvalue weighted by atomic mass is 9.97. The molecule has 2 heterocycles. The van der Waals surface area contributed by atoms with Crippen LogP contribution in [0.5, 0.6) is 0 Å². The highest BCUT2D eigenvalue weighted by atomic mass is 35.5. The van der Waals surface area contributed by atoms with Crippen molar-refractivity contribution in [1.82, 2.24) is 10.2 Å². The van der Waals surface area contributed by atoms with Crippen LogP contribution in [0.15, 0.2) is 42.5 Å². The standard InChI is InChI=1S/C18H20ClN3O2S/c19-16-9-8-15(25-16)11-20-17(23)13-5-4-10-22(12-13)18(24)21-14-6-2-1-3-7-14/h1-3,6-9,13H,4-5,10-12H2,(H,20,23)(H,21,24). The topological polar surface area (TPSA) is 61.4 Å². The molecule has 0 radical (unpaired) electrons. The van der Waals surface area contributed by atoms with Crippen LogP contribution in [-0.2, 0) is 11.3 Å². The van der Waals surface area contributed by atoms with Crippen LogP contribution in [-0.4, -0.2) is 29.9 Å². The van der Waals surface area contributed by atoms with Crippen molar-refractivity contribution in [3.63, 3.8) is 0 Å². The summed E-state index contributed by atoms with van der Waals surface area (Å²) in [6, 6.07) is 12.9. The molecule has 1 atom stereocenters. The zero-order valence-corrected chi connectivity index (χ0v) is 15.3. The van der Waals surface area contributed by atoms with Crippen LogP contribution in [0.4, 0.5) is 10.5 Å². The summed E-state index contributed by atoms with van der Waals surface area (Å²) in [6.07, 6.45) is 1.62. The van der Waals surface area contributed by atoms with E-state index in [1.54, 1.807) is 4.90 Å². The minimum atomic E-state index is -0.175. The van der Waals surface area contributed by atoms with Crippen LogP contribution in [0, 0.1) is 5.92 Å². The number of amides is 3. The number of likely N-dealkylation sites (tertiary alicyclic amines) is 1. The third-order valence-corrected chi connectivity index (χ3v) is 5.40. The van der Waals surface area contributed by atoms with E-state index in [1.165, 1.54) is 11.3 Å². The van der Waals surface area contributed by atoms with Crippen molar-refractivity contribution in [2.24, 2.45) is 5.92 Å². The van der Waals surface area contributed by atoms with E-state index in [4.69, 9.17) is 11.6 Å². The third-order valence-electron chi connectivity index (χ3n) is 4.17. The van der Waals surface area contributed by atoms with Crippen LogP contribution in [0.1, 0.15) is 17.7 Å². The summed E-state index contributed by atoms with van der Waals surface area (Å²) in [5, 5.41) is 5.82. The van der Waals surface area contributed by atoms with Gasteiger partial charge in [0.05, 0.1) is 16.8 Å². The van der Waals surface area contributed by atoms with Crippen molar-refractivity contribution in [2.75, 3.05) is 18.4 Å². The largest absolute Gasteiger partial charge is 0.351 e. The molecule has 0 bridgehead atoms. The van der Waals surface area contributed by atoms with Crippen molar-refractivity contribution in [3.8, 4) is 0 Å². The first kappa shape index (κ1) is 17.8. The van der Waals surface area contributed by atoms with Gasteiger partial charge in [0.1, 0.15) is 0 Å². The van der Waals surface area contributed by atoms with Gasteiger partial charge >= 0.3 is 6.03 Å². The number of para-hydroxylation sites is 1. The predicted molar refractivity (Wildman–Crippen MR) is 101 cm³/mol. The smallest absolute Gasteiger partial charge is 0.321 e. The van der Waals surface area contributed by atoms with E-state index in [1.807, 2.05) is 42.5 Å². The van der Waals surface area contributed by atoms with Gasteiger partial charge in [0, 0.05) is 23.7 Å². The van der Waals surface area contributed by atoms with Crippen molar-refractivity contribution in [2.45, 2.75) is 19.4 Å². The molecule has 25 heavy (non-hydrogen) atoms. The maximum absolute atomic E-state index is 12.4. The maximum atomic E-state index is 12.4. The number of piperidine rings is 1. The van der Waals surface area contributed by atoms with Gasteiger partial charge in [-0.3, -0.25) is 4.79 Å². The first-order chi connectivity index (χ1) is 12.1. The first-order valence-corrected chi connectivity index (χ1v) is 9.44. The number of anilines is 1. The minimum absolute atomic E-state index is 0.0123. The lowest BCUT2D eigenvalue weighted by Crippen LogP contribution is -2.46. The van der Waals surface area contributed by atoms with Gasteiger partial charge in [-0.05, 0) is 37.1 Å². The Morgan fingerprint density at radius 2 is 2.00 bits per heavy atom. The fourth-order valence-corrected chi connectivity index (χ4v) is 3.89.